The highest BCUT2D eigenvalue weighted by Gasteiger charge is 2.22. The molecule has 35 heavy (non-hydrogen) atoms. The number of fused-ring (bicyclic) bond motifs is 1. The van der Waals surface area contributed by atoms with E-state index in [0.29, 0.717) is 29.2 Å². The fourth-order valence-electron chi connectivity index (χ4n) is 4.00. The van der Waals surface area contributed by atoms with Gasteiger partial charge in [0.15, 0.2) is 17.3 Å². The maximum atomic E-state index is 11.8. The van der Waals surface area contributed by atoms with Gasteiger partial charge in [0, 0.05) is 49.3 Å². The first kappa shape index (κ1) is 22.6. The Morgan fingerprint density at radius 3 is 2.57 bits per heavy atom. The zero-order valence-electron chi connectivity index (χ0n) is 19.8. The lowest BCUT2D eigenvalue weighted by atomic mass is 10.2. The minimum absolute atomic E-state index is 0.0365. The van der Waals surface area contributed by atoms with Crippen LogP contribution in [0.4, 0.5) is 34.8 Å². The molecule has 2 aliphatic heterocycles. The first-order chi connectivity index (χ1) is 17.0. The average Bonchev–Trinajstić information content (AvgIpc) is 2.87. The highest BCUT2D eigenvalue weighted by atomic mass is 16.5. The topological polar surface area (TPSA) is 108 Å². The van der Waals surface area contributed by atoms with Crippen LogP contribution in [0.25, 0.3) is 0 Å². The number of aryl methyl sites for hydroxylation is 1. The van der Waals surface area contributed by atoms with Crippen molar-refractivity contribution in [3.05, 3.63) is 60.5 Å². The van der Waals surface area contributed by atoms with E-state index in [0.717, 1.165) is 44.0 Å². The molecule has 0 aliphatic carbocycles. The standard InChI is InChI=1S/C25H28N8O2/c1-4-32-11-13-33(14-12-32)19-7-5-18(6-8-19)27-25-26-15-16(2)22(31-25)28-21-10-9-20-23(29-21)30-24(34)17(3)35-20/h5-10,15H,3-4,11-14H2,1-2H3,(H3,26,27,28,29,30,31,34). The molecular formula is C25H28N8O2. The Morgan fingerprint density at radius 2 is 1.83 bits per heavy atom. The van der Waals surface area contributed by atoms with E-state index in [4.69, 9.17) is 4.74 Å². The van der Waals surface area contributed by atoms with Gasteiger partial charge in [0.25, 0.3) is 5.91 Å². The molecule has 0 spiro atoms. The summed E-state index contributed by atoms with van der Waals surface area (Å²) in [6.45, 7) is 13.1. The van der Waals surface area contributed by atoms with Crippen molar-refractivity contribution in [2.24, 2.45) is 0 Å². The number of benzene rings is 1. The van der Waals surface area contributed by atoms with Crippen molar-refractivity contribution >= 4 is 40.7 Å². The third-order valence-electron chi connectivity index (χ3n) is 6.10. The summed E-state index contributed by atoms with van der Waals surface area (Å²) in [5.74, 6) is 1.98. The predicted octanol–water partition coefficient (Wildman–Crippen LogP) is 3.65. The van der Waals surface area contributed by atoms with Crippen LogP contribution >= 0.6 is 0 Å². The quantitative estimate of drug-likeness (QED) is 0.463. The molecule has 0 saturated carbocycles. The predicted molar refractivity (Wildman–Crippen MR) is 137 cm³/mol. The molecular weight excluding hydrogens is 444 g/mol. The number of rotatable bonds is 6. The zero-order valence-corrected chi connectivity index (χ0v) is 19.8. The zero-order chi connectivity index (χ0) is 24.4. The van der Waals surface area contributed by atoms with Crippen LogP contribution in [-0.4, -0.2) is 58.5 Å². The van der Waals surface area contributed by atoms with Gasteiger partial charge in [-0.2, -0.15) is 4.98 Å². The molecule has 2 aliphatic rings. The summed E-state index contributed by atoms with van der Waals surface area (Å²) < 4.78 is 5.38. The maximum absolute atomic E-state index is 11.8. The molecule has 4 heterocycles. The molecule has 1 saturated heterocycles. The Kier molecular flexibility index (Phi) is 6.19. The van der Waals surface area contributed by atoms with Gasteiger partial charge < -0.3 is 30.5 Å². The number of carbonyl (C=O) groups is 1. The second-order valence-corrected chi connectivity index (χ2v) is 8.47. The van der Waals surface area contributed by atoms with Crippen molar-refractivity contribution in [3.63, 3.8) is 0 Å². The Balaban J connectivity index is 1.26. The number of pyridine rings is 1. The van der Waals surface area contributed by atoms with E-state index in [2.05, 4.69) is 66.3 Å². The van der Waals surface area contributed by atoms with Crippen LogP contribution in [0, 0.1) is 6.92 Å². The SMILES string of the molecule is C=C1Oc2ccc(Nc3nc(Nc4ccc(N5CCN(CC)CC5)cc4)ncc3C)nc2NC1=O. The van der Waals surface area contributed by atoms with E-state index in [1.807, 2.05) is 19.1 Å². The fraction of sp³-hybridized carbons (Fsp3) is 0.280. The smallest absolute Gasteiger partial charge is 0.292 e. The molecule has 0 radical (unpaired) electrons. The molecule has 1 fully saturated rings. The van der Waals surface area contributed by atoms with Crippen molar-refractivity contribution in [1.82, 2.24) is 19.9 Å². The van der Waals surface area contributed by atoms with E-state index in [1.54, 1.807) is 18.3 Å². The van der Waals surface area contributed by atoms with Crippen LogP contribution in [-0.2, 0) is 4.79 Å². The number of hydrogen-bond donors (Lipinski definition) is 3. The molecule has 2 aromatic heterocycles. The van der Waals surface area contributed by atoms with Gasteiger partial charge in [0.2, 0.25) is 5.95 Å². The molecule has 0 unspecified atom stereocenters. The summed E-state index contributed by atoms with van der Waals surface area (Å²) in [6, 6.07) is 11.8. The third kappa shape index (κ3) is 5.02. The van der Waals surface area contributed by atoms with Crippen molar-refractivity contribution in [1.29, 1.82) is 0 Å². The van der Waals surface area contributed by atoms with E-state index in [9.17, 15) is 4.79 Å². The van der Waals surface area contributed by atoms with Gasteiger partial charge in [0.05, 0.1) is 0 Å². The van der Waals surface area contributed by atoms with Crippen LogP contribution < -0.4 is 25.6 Å². The van der Waals surface area contributed by atoms with E-state index in [1.165, 1.54) is 5.69 Å². The van der Waals surface area contributed by atoms with Crippen LogP contribution in [0.3, 0.4) is 0 Å². The number of hydrogen-bond acceptors (Lipinski definition) is 9. The third-order valence-corrected chi connectivity index (χ3v) is 6.10. The number of aromatic nitrogens is 3. The van der Waals surface area contributed by atoms with Crippen molar-refractivity contribution in [3.8, 4) is 5.75 Å². The van der Waals surface area contributed by atoms with Crippen molar-refractivity contribution in [2.75, 3.05) is 53.6 Å². The van der Waals surface area contributed by atoms with Gasteiger partial charge in [-0.25, -0.2) is 9.97 Å². The lowest BCUT2D eigenvalue weighted by Crippen LogP contribution is -2.46. The Bertz CT molecular complexity index is 1250. The number of nitrogens with one attached hydrogen (secondary N) is 3. The molecule has 0 bridgehead atoms. The second-order valence-electron chi connectivity index (χ2n) is 8.47. The van der Waals surface area contributed by atoms with E-state index < -0.39 is 5.91 Å². The summed E-state index contributed by atoms with van der Waals surface area (Å²) >= 11 is 0. The molecule has 10 heteroatoms. The van der Waals surface area contributed by atoms with Gasteiger partial charge in [-0.15, -0.1) is 0 Å². The van der Waals surface area contributed by atoms with Gasteiger partial charge >= 0.3 is 0 Å². The van der Waals surface area contributed by atoms with Gasteiger partial charge in [-0.3, -0.25) is 4.79 Å². The number of ether oxygens (including phenoxy) is 1. The normalized spacial score (nSPS) is 15.8. The number of likely N-dealkylation sites (N-methyl/N-ethyl adjacent to an activating group) is 1. The minimum Gasteiger partial charge on any atom is -0.448 e. The van der Waals surface area contributed by atoms with Gasteiger partial charge in [-0.05, 0) is 49.9 Å². The monoisotopic (exact) mass is 472 g/mol. The fourth-order valence-corrected chi connectivity index (χ4v) is 4.00. The Hall–Kier alpha value is -4.18. The summed E-state index contributed by atoms with van der Waals surface area (Å²) in [5.41, 5.74) is 2.98. The van der Waals surface area contributed by atoms with Crippen LogP contribution in [0.15, 0.2) is 54.9 Å². The summed E-state index contributed by atoms with van der Waals surface area (Å²) in [4.78, 5) is 30.1. The van der Waals surface area contributed by atoms with Crippen LogP contribution in [0.5, 0.6) is 5.75 Å². The largest absolute Gasteiger partial charge is 0.448 e. The summed E-state index contributed by atoms with van der Waals surface area (Å²) in [7, 11) is 0. The van der Waals surface area contributed by atoms with Gasteiger partial charge in [-0.1, -0.05) is 13.5 Å². The van der Waals surface area contributed by atoms with Crippen LogP contribution in [0.2, 0.25) is 0 Å². The number of anilines is 6. The highest BCUT2D eigenvalue weighted by molar-refractivity contribution is 6.04. The Morgan fingerprint density at radius 1 is 1.06 bits per heavy atom. The number of amides is 1. The average molecular weight is 473 g/mol. The number of nitrogens with zero attached hydrogens (tertiary/aromatic N) is 5. The first-order valence-corrected chi connectivity index (χ1v) is 11.6. The molecule has 1 amide bonds. The summed E-state index contributed by atoms with van der Waals surface area (Å²) in [5, 5.41) is 9.12. The lowest BCUT2D eigenvalue weighted by Gasteiger charge is -2.35. The van der Waals surface area contributed by atoms with E-state index in [-0.39, 0.29) is 5.76 Å². The molecule has 10 nitrogen and oxygen atoms in total. The molecule has 3 aromatic rings. The van der Waals surface area contributed by atoms with Crippen molar-refractivity contribution in [2.45, 2.75) is 13.8 Å². The summed E-state index contributed by atoms with van der Waals surface area (Å²) in [6.07, 6.45) is 1.74. The first-order valence-electron chi connectivity index (χ1n) is 11.6. The molecule has 180 valence electrons. The number of piperazine rings is 1. The van der Waals surface area contributed by atoms with Crippen LogP contribution in [0.1, 0.15) is 12.5 Å². The maximum Gasteiger partial charge on any atom is 0.292 e. The second kappa shape index (κ2) is 9.59. The lowest BCUT2D eigenvalue weighted by molar-refractivity contribution is -0.115. The molecule has 5 rings (SSSR count). The highest BCUT2D eigenvalue weighted by Crippen LogP contribution is 2.31. The number of carbonyl (C=O) groups excluding carboxylic acids is 1. The van der Waals surface area contributed by atoms with Gasteiger partial charge in [0.1, 0.15) is 11.6 Å². The molecule has 1 aromatic carbocycles. The van der Waals surface area contributed by atoms with E-state index >= 15 is 0 Å². The molecule has 3 N–H and O–H groups in total. The Labute approximate surface area is 204 Å². The minimum atomic E-state index is -0.416. The van der Waals surface area contributed by atoms with Crippen molar-refractivity contribution < 1.29 is 9.53 Å². The molecule has 0 atom stereocenters.